The van der Waals surface area contributed by atoms with E-state index in [4.69, 9.17) is 5.73 Å². The maximum absolute atomic E-state index is 6.30. The monoisotopic (exact) mass is 315 g/mol. The molecule has 0 aromatic heterocycles. The van der Waals surface area contributed by atoms with E-state index in [-0.39, 0.29) is 5.92 Å². The fraction of sp³-hybridized carbons (Fsp3) is 0.130. The van der Waals surface area contributed by atoms with Crippen LogP contribution in [0.25, 0.3) is 16.8 Å². The quantitative estimate of drug-likeness (QED) is 0.652. The summed E-state index contributed by atoms with van der Waals surface area (Å²) in [5, 5.41) is 0. The highest BCUT2D eigenvalue weighted by Gasteiger charge is 2.05. The predicted octanol–water partition coefficient (Wildman–Crippen LogP) is 5.98. The molecule has 24 heavy (non-hydrogen) atoms. The zero-order valence-corrected chi connectivity index (χ0v) is 14.4. The Labute approximate surface area is 145 Å². The van der Waals surface area contributed by atoms with Crippen LogP contribution in [0.4, 0.5) is 0 Å². The molecule has 2 aromatic carbocycles. The molecular weight excluding hydrogens is 290 g/mol. The Morgan fingerprint density at radius 1 is 1.00 bits per heavy atom. The molecule has 0 aliphatic carbocycles. The van der Waals surface area contributed by atoms with Crippen molar-refractivity contribution < 1.29 is 0 Å². The lowest BCUT2D eigenvalue weighted by molar-refractivity contribution is 0.891. The Hall–Kier alpha value is -2.80. The number of rotatable bonds is 6. The maximum atomic E-state index is 6.30. The highest BCUT2D eigenvalue weighted by Crippen LogP contribution is 2.23. The smallest absolute Gasteiger partial charge is 0.0353 e. The van der Waals surface area contributed by atoms with Gasteiger partial charge in [-0.1, -0.05) is 98.5 Å². The molecule has 1 unspecified atom stereocenters. The van der Waals surface area contributed by atoms with Gasteiger partial charge in [0.1, 0.15) is 0 Å². The van der Waals surface area contributed by atoms with Gasteiger partial charge in [-0.15, -0.1) is 0 Å². The van der Waals surface area contributed by atoms with Crippen LogP contribution in [0.3, 0.4) is 0 Å². The van der Waals surface area contributed by atoms with Gasteiger partial charge in [0.25, 0.3) is 0 Å². The molecule has 1 atom stereocenters. The Morgan fingerprint density at radius 3 is 2.21 bits per heavy atom. The lowest BCUT2D eigenvalue weighted by Gasteiger charge is -2.11. The molecule has 2 rings (SSSR count). The van der Waals surface area contributed by atoms with Gasteiger partial charge in [0.2, 0.25) is 0 Å². The summed E-state index contributed by atoms with van der Waals surface area (Å²) < 4.78 is 0. The Balaban J connectivity index is 2.21. The van der Waals surface area contributed by atoms with Crippen molar-refractivity contribution in [2.45, 2.75) is 13.8 Å². The molecule has 0 saturated carbocycles. The number of nitrogens with two attached hydrogens (primary N) is 1. The molecule has 0 fully saturated rings. The fourth-order valence-electron chi connectivity index (χ4n) is 2.64. The van der Waals surface area contributed by atoms with Crippen LogP contribution >= 0.6 is 0 Å². The van der Waals surface area contributed by atoms with Gasteiger partial charge in [0.05, 0.1) is 0 Å². The Kier molecular flexibility index (Phi) is 6.39. The van der Waals surface area contributed by atoms with E-state index in [0.29, 0.717) is 0 Å². The Morgan fingerprint density at radius 2 is 1.62 bits per heavy atom. The van der Waals surface area contributed by atoms with E-state index >= 15 is 0 Å². The van der Waals surface area contributed by atoms with Gasteiger partial charge in [-0.05, 0) is 29.2 Å². The van der Waals surface area contributed by atoms with Crippen LogP contribution in [0.1, 0.15) is 19.4 Å². The molecule has 122 valence electrons. The number of hydrogen-bond donors (Lipinski definition) is 1. The topological polar surface area (TPSA) is 26.0 Å². The third kappa shape index (κ3) is 4.60. The summed E-state index contributed by atoms with van der Waals surface area (Å²) in [6.45, 7) is 7.93. The summed E-state index contributed by atoms with van der Waals surface area (Å²) in [6.07, 6.45) is 10.0. The lowest BCUT2D eigenvalue weighted by atomic mass is 9.96. The maximum Gasteiger partial charge on any atom is 0.0353 e. The average molecular weight is 315 g/mol. The molecule has 0 aliphatic heterocycles. The van der Waals surface area contributed by atoms with Crippen LogP contribution in [0, 0.1) is 5.92 Å². The van der Waals surface area contributed by atoms with Crippen LogP contribution in [0.2, 0.25) is 0 Å². The molecule has 0 bridgehead atoms. The largest absolute Gasteiger partial charge is 0.398 e. The normalized spacial score (nSPS) is 13.9. The summed E-state index contributed by atoms with van der Waals surface area (Å²) in [5.74, 6) is 0.230. The fourth-order valence-corrected chi connectivity index (χ4v) is 2.64. The van der Waals surface area contributed by atoms with Crippen molar-refractivity contribution in [3.8, 4) is 11.1 Å². The van der Waals surface area contributed by atoms with Crippen LogP contribution in [-0.2, 0) is 0 Å². The molecule has 0 saturated heterocycles. The molecule has 0 spiro atoms. The third-order valence-electron chi connectivity index (χ3n) is 3.95. The summed E-state index contributed by atoms with van der Waals surface area (Å²) in [5.41, 5.74) is 11.7. The second kappa shape index (κ2) is 8.73. The van der Waals surface area contributed by atoms with Gasteiger partial charge >= 0.3 is 0 Å². The number of hydrogen-bond acceptors (Lipinski definition) is 1. The van der Waals surface area contributed by atoms with Gasteiger partial charge in [-0.3, -0.25) is 0 Å². The summed E-state index contributed by atoms with van der Waals surface area (Å²) in [7, 11) is 0. The van der Waals surface area contributed by atoms with Crippen molar-refractivity contribution in [2.24, 2.45) is 11.7 Å². The van der Waals surface area contributed by atoms with Crippen molar-refractivity contribution in [1.29, 1.82) is 0 Å². The highest BCUT2D eigenvalue weighted by molar-refractivity contribution is 5.69. The van der Waals surface area contributed by atoms with Crippen molar-refractivity contribution in [3.63, 3.8) is 0 Å². The standard InChI is InChI=1S/C23H25N/c1-4-9-19(10-5-2)18(3)17-23(24)22-15-13-21(14-16-22)20-11-7-6-8-12-20/h4-18H,1,24H2,2-3H3/b10-5-,19-9+,23-17-. The van der Waals surface area contributed by atoms with E-state index in [9.17, 15) is 0 Å². The number of allylic oxidation sites excluding steroid dienone is 6. The van der Waals surface area contributed by atoms with Crippen LogP contribution in [-0.4, -0.2) is 0 Å². The first-order valence-corrected chi connectivity index (χ1v) is 8.24. The molecule has 1 nitrogen and oxygen atoms in total. The SMILES string of the molecule is C=C/C=C(\C=C/C)C(C)/C=C(\N)c1ccc(-c2ccccc2)cc1. The minimum atomic E-state index is 0.230. The van der Waals surface area contributed by atoms with Crippen LogP contribution in [0.15, 0.2) is 97.1 Å². The first-order valence-electron chi connectivity index (χ1n) is 8.24. The van der Waals surface area contributed by atoms with Crippen molar-refractivity contribution >= 4 is 5.70 Å². The zero-order valence-electron chi connectivity index (χ0n) is 14.4. The molecular formula is C23H25N. The summed E-state index contributed by atoms with van der Waals surface area (Å²) >= 11 is 0. The highest BCUT2D eigenvalue weighted by atomic mass is 14.6. The second-order valence-electron chi connectivity index (χ2n) is 5.76. The molecule has 0 heterocycles. The third-order valence-corrected chi connectivity index (χ3v) is 3.95. The Bertz CT molecular complexity index is 746. The first-order chi connectivity index (χ1) is 11.7. The molecule has 2 N–H and O–H groups in total. The van der Waals surface area contributed by atoms with E-state index in [0.717, 1.165) is 11.3 Å². The molecule has 1 heteroatoms. The van der Waals surface area contributed by atoms with Gasteiger partial charge < -0.3 is 5.73 Å². The second-order valence-corrected chi connectivity index (χ2v) is 5.76. The molecule has 0 radical (unpaired) electrons. The zero-order chi connectivity index (χ0) is 17.4. The van der Waals surface area contributed by atoms with Gasteiger partial charge in [0, 0.05) is 11.6 Å². The number of benzene rings is 2. The van der Waals surface area contributed by atoms with Gasteiger partial charge in [-0.2, -0.15) is 0 Å². The summed E-state index contributed by atoms with van der Waals surface area (Å²) in [6, 6.07) is 18.7. The average Bonchev–Trinajstić information content (AvgIpc) is 2.62. The van der Waals surface area contributed by atoms with Crippen molar-refractivity contribution in [1.82, 2.24) is 0 Å². The molecule has 0 amide bonds. The van der Waals surface area contributed by atoms with E-state index in [1.54, 1.807) is 0 Å². The van der Waals surface area contributed by atoms with Gasteiger partial charge in [-0.25, -0.2) is 0 Å². The molecule has 0 aliphatic rings. The van der Waals surface area contributed by atoms with Crippen molar-refractivity contribution in [3.05, 3.63) is 103 Å². The van der Waals surface area contributed by atoms with E-state index < -0.39 is 0 Å². The molecule has 2 aromatic rings. The van der Waals surface area contributed by atoms with Crippen LogP contribution < -0.4 is 5.73 Å². The summed E-state index contributed by atoms with van der Waals surface area (Å²) in [4.78, 5) is 0. The first kappa shape index (κ1) is 17.6. The minimum absolute atomic E-state index is 0.230. The van der Waals surface area contributed by atoms with Gasteiger partial charge in [0.15, 0.2) is 0 Å². The predicted molar refractivity (Wildman–Crippen MR) is 106 cm³/mol. The minimum Gasteiger partial charge on any atom is -0.398 e. The lowest BCUT2D eigenvalue weighted by Crippen LogP contribution is -2.01. The van der Waals surface area contributed by atoms with E-state index in [1.807, 2.05) is 43.4 Å². The van der Waals surface area contributed by atoms with Crippen molar-refractivity contribution in [2.75, 3.05) is 0 Å². The van der Waals surface area contributed by atoms with E-state index in [1.165, 1.54) is 16.7 Å². The van der Waals surface area contributed by atoms with Crippen LogP contribution in [0.5, 0.6) is 0 Å². The van der Waals surface area contributed by atoms with E-state index in [2.05, 4.69) is 62.1 Å².